The van der Waals surface area contributed by atoms with E-state index >= 15 is 0 Å². The van der Waals surface area contributed by atoms with E-state index in [1.807, 2.05) is 0 Å². The van der Waals surface area contributed by atoms with Crippen LogP contribution in [-0.2, 0) is 20.3 Å². The first-order valence-corrected chi connectivity index (χ1v) is 9.15. The molecule has 0 atom stereocenters. The van der Waals surface area contributed by atoms with Crippen molar-refractivity contribution >= 4 is 0 Å². The van der Waals surface area contributed by atoms with Gasteiger partial charge in [-0.1, -0.05) is 54.9 Å². The van der Waals surface area contributed by atoms with Crippen LogP contribution in [0.2, 0.25) is 0 Å². The molecule has 1 aliphatic heterocycles. The Morgan fingerprint density at radius 1 is 0.958 bits per heavy atom. The van der Waals surface area contributed by atoms with Crippen LogP contribution in [0.5, 0.6) is 5.75 Å². The average molecular weight is 335 g/mol. The summed E-state index contributed by atoms with van der Waals surface area (Å²) in [5, 5.41) is 10.8. The van der Waals surface area contributed by atoms with Crippen LogP contribution in [0.4, 0.5) is 0 Å². The monoisotopic (exact) mass is 334 g/mol. The van der Waals surface area contributed by atoms with Gasteiger partial charge in [0.15, 0.2) is 6.29 Å². The number of phenolic OH excluding ortho intramolecular Hbond substituents is 1. The summed E-state index contributed by atoms with van der Waals surface area (Å²) >= 11 is 0. The molecule has 0 radical (unpaired) electrons. The largest absolute Gasteiger partial charge is 0.507 e. The van der Waals surface area contributed by atoms with Crippen LogP contribution in [0, 0.1) is 5.92 Å². The SMILES string of the molecule is CCC[C@H]1CO[C@H](c2cc(C(C)(C)C)c(O)c(C(C)(C)C)c2)OC1. The predicted octanol–water partition coefficient (Wildman–Crippen LogP) is 5.45. The van der Waals surface area contributed by atoms with Gasteiger partial charge >= 0.3 is 0 Å². The van der Waals surface area contributed by atoms with E-state index in [-0.39, 0.29) is 17.1 Å². The van der Waals surface area contributed by atoms with E-state index in [4.69, 9.17) is 9.47 Å². The maximum Gasteiger partial charge on any atom is 0.183 e. The van der Waals surface area contributed by atoms with Crippen LogP contribution in [0.3, 0.4) is 0 Å². The van der Waals surface area contributed by atoms with Crippen LogP contribution in [0.1, 0.15) is 84.3 Å². The van der Waals surface area contributed by atoms with E-state index in [1.165, 1.54) is 0 Å². The minimum Gasteiger partial charge on any atom is -0.507 e. The first kappa shape index (κ1) is 19.3. The van der Waals surface area contributed by atoms with Crippen molar-refractivity contribution in [2.75, 3.05) is 13.2 Å². The van der Waals surface area contributed by atoms with Gasteiger partial charge in [-0.05, 0) is 40.5 Å². The molecule has 136 valence electrons. The molecular weight excluding hydrogens is 300 g/mol. The van der Waals surface area contributed by atoms with Crippen LogP contribution in [-0.4, -0.2) is 18.3 Å². The lowest BCUT2D eigenvalue weighted by molar-refractivity contribution is -0.206. The van der Waals surface area contributed by atoms with Crippen molar-refractivity contribution in [3.05, 3.63) is 28.8 Å². The second-order valence-electron chi connectivity index (χ2n) is 9.12. The summed E-state index contributed by atoms with van der Waals surface area (Å²) in [6.45, 7) is 16.4. The molecular formula is C21H34O3. The summed E-state index contributed by atoms with van der Waals surface area (Å²) in [5.74, 6) is 0.894. The Kier molecular flexibility index (Phi) is 5.66. The fraction of sp³-hybridized carbons (Fsp3) is 0.714. The Hall–Kier alpha value is -1.06. The van der Waals surface area contributed by atoms with Crippen LogP contribution >= 0.6 is 0 Å². The molecule has 1 heterocycles. The van der Waals surface area contributed by atoms with Crippen molar-refractivity contribution in [2.24, 2.45) is 5.92 Å². The number of phenols is 1. The molecule has 0 amide bonds. The molecule has 1 aromatic rings. The summed E-state index contributed by atoms with van der Waals surface area (Å²) in [6.07, 6.45) is 1.97. The van der Waals surface area contributed by atoms with Crippen LogP contribution in [0.25, 0.3) is 0 Å². The van der Waals surface area contributed by atoms with Gasteiger partial charge in [0.2, 0.25) is 0 Å². The molecule has 1 N–H and O–H groups in total. The lowest BCUT2D eigenvalue weighted by atomic mass is 9.78. The highest BCUT2D eigenvalue weighted by Crippen LogP contribution is 2.42. The molecule has 0 aliphatic carbocycles. The van der Waals surface area contributed by atoms with Crippen molar-refractivity contribution in [3.63, 3.8) is 0 Å². The lowest BCUT2D eigenvalue weighted by Gasteiger charge is -2.33. The lowest BCUT2D eigenvalue weighted by Crippen LogP contribution is -2.28. The summed E-state index contributed by atoms with van der Waals surface area (Å²) in [5.41, 5.74) is 2.64. The first-order valence-electron chi connectivity index (χ1n) is 9.15. The third-order valence-corrected chi connectivity index (χ3v) is 4.68. The van der Waals surface area contributed by atoms with Gasteiger partial charge in [0.05, 0.1) is 13.2 Å². The molecule has 1 aliphatic rings. The van der Waals surface area contributed by atoms with Gasteiger partial charge in [-0.15, -0.1) is 0 Å². The predicted molar refractivity (Wildman–Crippen MR) is 98.5 cm³/mol. The Labute approximate surface area is 147 Å². The fourth-order valence-electron chi connectivity index (χ4n) is 3.25. The van der Waals surface area contributed by atoms with E-state index in [9.17, 15) is 5.11 Å². The highest BCUT2D eigenvalue weighted by Gasteiger charge is 2.30. The number of hydrogen-bond acceptors (Lipinski definition) is 3. The molecule has 2 rings (SSSR count). The number of aromatic hydroxyl groups is 1. The van der Waals surface area contributed by atoms with Crippen molar-refractivity contribution in [1.29, 1.82) is 0 Å². The molecule has 0 saturated carbocycles. The van der Waals surface area contributed by atoms with Crippen molar-refractivity contribution in [2.45, 2.75) is 78.4 Å². The zero-order chi connectivity index (χ0) is 18.1. The third-order valence-electron chi connectivity index (χ3n) is 4.68. The van der Waals surface area contributed by atoms with Crippen molar-refractivity contribution in [1.82, 2.24) is 0 Å². The van der Waals surface area contributed by atoms with E-state index < -0.39 is 0 Å². The summed E-state index contributed by atoms with van der Waals surface area (Å²) in [6, 6.07) is 4.10. The van der Waals surface area contributed by atoms with Gasteiger partial charge in [-0.3, -0.25) is 0 Å². The smallest absolute Gasteiger partial charge is 0.183 e. The normalized spacial score (nSPS) is 22.6. The molecule has 3 nitrogen and oxygen atoms in total. The van der Waals surface area contributed by atoms with Gasteiger partial charge in [0.1, 0.15) is 5.75 Å². The summed E-state index contributed by atoms with van der Waals surface area (Å²) in [7, 11) is 0. The first-order chi connectivity index (χ1) is 11.0. The van der Waals surface area contributed by atoms with Gasteiger partial charge in [0.25, 0.3) is 0 Å². The zero-order valence-corrected chi connectivity index (χ0v) is 16.4. The van der Waals surface area contributed by atoms with E-state index in [0.717, 1.165) is 42.7 Å². The van der Waals surface area contributed by atoms with Crippen LogP contribution in [0.15, 0.2) is 12.1 Å². The fourth-order valence-corrected chi connectivity index (χ4v) is 3.25. The summed E-state index contributed by atoms with van der Waals surface area (Å²) < 4.78 is 12.0. The maximum atomic E-state index is 10.8. The summed E-state index contributed by atoms with van der Waals surface area (Å²) in [4.78, 5) is 0. The Morgan fingerprint density at radius 2 is 1.42 bits per heavy atom. The molecule has 1 fully saturated rings. The third kappa shape index (κ3) is 4.31. The quantitative estimate of drug-likeness (QED) is 0.799. The topological polar surface area (TPSA) is 38.7 Å². The average Bonchev–Trinajstić information content (AvgIpc) is 2.46. The molecule has 0 aromatic heterocycles. The van der Waals surface area contributed by atoms with Gasteiger partial charge in [-0.2, -0.15) is 0 Å². The molecule has 1 saturated heterocycles. The van der Waals surface area contributed by atoms with Crippen molar-refractivity contribution < 1.29 is 14.6 Å². The Balaban J connectivity index is 2.37. The van der Waals surface area contributed by atoms with Gasteiger partial charge in [-0.25, -0.2) is 0 Å². The maximum absolute atomic E-state index is 10.8. The number of hydrogen-bond donors (Lipinski definition) is 1. The Morgan fingerprint density at radius 3 is 1.79 bits per heavy atom. The minimum atomic E-state index is -0.332. The second-order valence-corrected chi connectivity index (χ2v) is 9.12. The minimum absolute atomic E-state index is 0.139. The molecule has 0 unspecified atom stereocenters. The number of ether oxygens (including phenoxy) is 2. The molecule has 3 heteroatoms. The zero-order valence-electron chi connectivity index (χ0n) is 16.4. The Bertz CT molecular complexity index is 520. The van der Waals surface area contributed by atoms with Crippen LogP contribution < -0.4 is 0 Å². The highest BCUT2D eigenvalue weighted by molar-refractivity contribution is 5.50. The van der Waals surface area contributed by atoms with Gasteiger partial charge < -0.3 is 14.6 Å². The number of rotatable bonds is 3. The number of benzene rings is 1. The van der Waals surface area contributed by atoms with E-state index in [0.29, 0.717) is 11.7 Å². The van der Waals surface area contributed by atoms with E-state index in [2.05, 4.69) is 60.6 Å². The second kappa shape index (κ2) is 7.05. The molecule has 0 spiro atoms. The standard InChI is InChI=1S/C21H34O3/c1-8-9-14-12-23-19(24-13-14)15-10-16(20(2,3)4)18(22)17(11-15)21(5,6)7/h10-11,14,19,22H,8-9,12-13H2,1-7H3/t14-,19-. The molecule has 1 aromatic carbocycles. The van der Waals surface area contributed by atoms with E-state index in [1.54, 1.807) is 0 Å². The molecule has 0 bridgehead atoms. The highest BCUT2D eigenvalue weighted by atomic mass is 16.7. The van der Waals surface area contributed by atoms with Crippen molar-refractivity contribution in [3.8, 4) is 5.75 Å². The van der Waals surface area contributed by atoms with Gasteiger partial charge in [0, 0.05) is 11.5 Å². The molecule has 24 heavy (non-hydrogen) atoms.